The average Bonchev–Trinajstić information content (AvgIpc) is 2.66. The van der Waals surface area contributed by atoms with Crippen LogP contribution < -0.4 is 11.5 Å². The number of nitrogens with two attached hydrogens (primary N) is 2. The van der Waals surface area contributed by atoms with Gasteiger partial charge < -0.3 is 20.9 Å². The summed E-state index contributed by atoms with van der Waals surface area (Å²) in [6.07, 6.45) is 6.43. The van der Waals surface area contributed by atoms with E-state index >= 15 is 0 Å². The maximum Gasteiger partial charge on any atom is 0.228 e. The van der Waals surface area contributed by atoms with E-state index in [2.05, 4.69) is 10.6 Å². The van der Waals surface area contributed by atoms with Gasteiger partial charge in [0.15, 0.2) is 5.76 Å². The lowest BCUT2D eigenvalue weighted by molar-refractivity contribution is 0.0623. The Hall–Kier alpha value is -2.12. The zero-order chi connectivity index (χ0) is 18.2. The molecule has 1 fully saturated rings. The van der Waals surface area contributed by atoms with Crippen LogP contribution in [0.4, 0.5) is 0 Å². The first kappa shape index (κ1) is 19.2. The summed E-state index contributed by atoms with van der Waals surface area (Å²) in [6, 6.07) is 6.97. The molecule has 1 aliphatic heterocycles. The average molecular weight is 363 g/mol. The van der Waals surface area contributed by atoms with Gasteiger partial charge >= 0.3 is 0 Å². The number of allylic oxidation sites excluding steroid dienone is 1. The van der Waals surface area contributed by atoms with Crippen molar-refractivity contribution in [3.8, 4) is 0 Å². The summed E-state index contributed by atoms with van der Waals surface area (Å²) >= 11 is 1.75. The maximum atomic E-state index is 10.7. The van der Waals surface area contributed by atoms with Crippen LogP contribution in [0.1, 0.15) is 28.8 Å². The summed E-state index contributed by atoms with van der Waals surface area (Å²) in [7, 11) is 1.53. The van der Waals surface area contributed by atoms with E-state index in [1.165, 1.54) is 7.11 Å². The first-order valence-corrected chi connectivity index (χ1v) is 9.27. The van der Waals surface area contributed by atoms with Gasteiger partial charge in [-0.05, 0) is 24.7 Å². The monoisotopic (exact) mass is 363 g/mol. The third-order valence-electron chi connectivity index (χ3n) is 4.08. The standard InChI is InChI=1S/C18H25N3O3S/c1-23-17(11-16(19)14-5-3-13(12-22)4-6-14)18(20)24-15-7-9-21(25-2)10-8-15/h3-6,11-12,15H,7-10,19-20H2,1-2H3/b16-11-,18-17-. The first-order valence-electron chi connectivity index (χ1n) is 8.09. The fourth-order valence-corrected chi connectivity index (χ4v) is 3.16. The predicted octanol–water partition coefficient (Wildman–Crippen LogP) is 2.33. The van der Waals surface area contributed by atoms with Gasteiger partial charge in [-0.2, -0.15) is 0 Å². The Bertz CT molecular complexity index is 635. The lowest BCUT2D eigenvalue weighted by Crippen LogP contribution is -2.33. The number of methoxy groups -OCH3 is 1. The molecule has 0 bridgehead atoms. The van der Waals surface area contributed by atoms with E-state index in [1.807, 2.05) is 0 Å². The number of carbonyl (C=O) groups excluding carboxylic acids is 1. The van der Waals surface area contributed by atoms with Crippen LogP contribution in [0.2, 0.25) is 0 Å². The third-order valence-corrected chi connectivity index (χ3v) is 4.96. The molecule has 0 unspecified atom stereocenters. The second kappa shape index (κ2) is 9.39. The molecule has 1 aromatic carbocycles. The van der Waals surface area contributed by atoms with Gasteiger partial charge in [-0.1, -0.05) is 36.2 Å². The first-order chi connectivity index (χ1) is 12.1. The minimum atomic E-state index is 0.0787. The van der Waals surface area contributed by atoms with Crippen molar-refractivity contribution in [1.29, 1.82) is 0 Å². The van der Waals surface area contributed by atoms with Gasteiger partial charge in [-0.15, -0.1) is 0 Å². The molecule has 7 heteroatoms. The molecular weight excluding hydrogens is 338 g/mol. The van der Waals surface area contributed by atoms with Gasteiger partial charge in [-0.3, -0.25) is 9.10 Å². The van der Waals surface area contributed by atoms with E-state index < -0.39 is 0 Å². The molecule has 136 valence electrons. The van der Waals surface area contributed by atoms with Crippen LogP contribution in [-0.2, 0) is 9.47 Å². The molecule has 0 saturated carbocycles. The highest BCUT2D eigenvalue weighted by molar-refractivity contribution is 7.96. The quantitative estimate of drug-likeness (QED) is 0.332. The van der Waals surface area contributed by atoms with Gasteiger partial charge in [-0.25, -0.2) is 0 Å². The number of benzene rings is 1. The van der Waals surface area contributed by atoms with Gasteiger partial charge in [0.1, 0.15) is 12.4 Å². The molecule has 2 rings (SSSR count). The van der Waals surface area contributed by atoms with Gasteiger partial charge in [0.05, 0.1) is 7.11 Å². The van der Waals surface area contributed by atoms with E-state index in [9.17, 15) is 4.79 Å². The van der Waals surface area contributed by atoms with Gasteiger partial charge in [0.2, 0.25) is 5.88 Å². The van der Waals surface area contributed by atoms with Crippen LogP contribution in [0.25, 0.3) is 5.70 Å². The lowest BCUT2D eigenvalue weighted by atomic mass is 10.1. The number of ether oxygens (including phenoxy) is 2. The molecule has 1 heterocycles. The largest absolute Gasteiger partial charge is 0.491 e. The van der Waals surface area contributed by atoms with Crippen LogP contribution >= 0.6 is 11.9 Å². The summed E-state index contributed by atoms with van der Waals surface area (Å²) in [4.78, 5) is 10.7. The Balaban J connectivity index is 2.07. The summed E-state index contributed by atoms with van der Waals surface area (Å²) in [5.41, 5.74) is 14.0. The molecule has 0 aliphatic carbocycles. The molecule has 1 aliphatic rings. The van der Waals surface area contributed by atoms with Crippen molar-refractivity contribution in [2.45, 2.75) is 18.9 Å². The number of nitrogens with zero attached hydrogens (tertiary/aromatic N) is 1. The number of hydrogen-bond donors (Lipinski definition) is 2. The minimum absolute atomic E-state index is 0.0787. The number of carbonyl (C=O) groups is 1. The van der Waals surface area contributed by atoms with Crippen molar-refractivity contribution in [2.75, 3.05) is 26.5 Å². The van der Waals surface area contributed by atoms with Gasteiger partial charge in [0.25, 0.3) is 0 Å². The van der Waals surface area contributed by atoms with Crippen LogP contribution in [-0.4, -0.2) is 43.2 Å². The maximum absolute atomic E-state index is 10.7. The predicted molar refractivity (Wildman–Crippen MR) is 101 cm³/mol. The van der Waals surface area contributed by atoms with E-state index in [-0.39, 0.29) is 12.0 Å². The normalized spacial score (nSPS) is 17.8. The molecule has 25 heavy (non-hydrogen) atoms. The van der Waals surface area contributed by atoms with Crippen molar-refractivity contribution < 1.29 is 14.3 Å². The Morgan fingerprint density at radius 2 is 1.88 bits per heavy atom. The number of piperidine rings is 1. The zero-order valence-electron chi connectivity index (χ0n) is 14.6. The van der Waals surface area contributed by atoms with E-state index in [0.29, 0.717) is 17.0 Å². The zero-order valence-corrected chi connectivity index (χ0v) is 15.4. The molecule has 0 radical (unpaired) electrons. The van der Waals surface area contributed by atoms with E-state index in [0.717, 1.165) is 37.8 Å². The molecule has 0 spiro atoms. The van der Waals surface area contributed by atoms with Crippen molar-refractivity contribution in [2.24, 2.45) is 11.5 Å². The number of aldehydes is 1. The van der Waals surface area contributed by atoms with Crippen molar-refractivity contribution in [3.63, 3.8) is 0 Å². The highest BCUT2D eigenvalue weighted by Crippen LogP contribution is 2.21. The van der Waals surface area contributed by atoms with Crippen molar-refractivity contribution in [1.82, 2.24) is 4.31 Å². The lowest BCUT2D eigenvalue weighted by Gasteiger charge is -2.30. The Morgan fingerprint density at radius 3 is 2.40 bits per heavy atom. The topological polar surface area (TPSA) is 90.8 Å². The van der Waals surface area contributed by atoms with E-state index in [1.54, 1.807) is 42.3 Å². The second-order valence-corrected chi connectivity index (χ2v) is 6.58. The third kappa shape index (κ3) is 5.44. The van der Waals surface area contributed by atoms with Crippen LogP contribution in [0.5, 0.6) is 0 Å². The molecule has 0 aromatic heterocycles. The highest BCUT2D eigenvalue weighted by Gasteiger charge is 2.21. The fourth-order valence-electron chi connectivity index (χ4n) is 2.58. The molecule has 6 nitrogen and oxygen atoms in total. The highest BCUT2D eigenvalue weighted by atomic mass is 32.2. The molecule has 1 aromatic rings. The molecular formula is C18H25N3O3S. The minimum Gasteiger partial charge on any atom is -0.491 e. The van der Waals surface area contributed by atoms with Gasteiger partial charge in [0, 0.05) is 30.4 Å². The summed E-state index contributed by atoms with van der Waals surface area (Å²) in [6.45, 7) is 1.95. The Morgan fingerprint density at radius 1 is 1.24 bits per heavy atom. The van der Waals surface area contributed by atoms with Crippen LogP contribution in [0.3, 0.4) is 0 Å². The number of hydrogen-bond acceptors (Lipinski definition) is 7. The Labute approximate surface area is 153 Å². The van der Waals surface area contributed by atoms with Crippen LogP contribution in [0, 0.1) is 0 Å². The van der Waals surface area contributed by atoms with Crippen molar-refractivity contribution in [3.05, 3.63) is 53.1 Å². The molecule has 1 saturated heterocycles. The smallest absolute Gasteiger partial charge is 0.228 e. The van der Waals surface area contributed by atoms with E-state index in [4.69, 9.17) is 20.9 Å². The number of rotatable bonds is 7. The van der Waals surface area contributed by atoms with Crippen molar-refractivity contribution >= 4 is 23.9 Å². The molecule has 4 N–H and O–H groups in total. The molecule has 0 atom stereocenters. The summed E-state index contributed by atoms with van der Waals surface area (Å²) < 4.78 is 13.5. The second-order valence-electron chi connectivity index (χ2n) is 5.70. The van der Waals surface area contributed by atoms with Crippen LogP contribution in [0.15, 0.2) is 42.0 Å². The summed E-state index contributed by atoms with van der Waals surface area (Å²) in [5, 5.41) is 0. The Kier molecular flexibility index (Phi) is 7.21. The SMILES string of the molecule is COC(/C=C(\N)c1ccc(C=O)cc1)=C(/N)OC1CCN(SC)CC1. The molecule has 0 amide bonds. The summed E-state index contributed by atoms with van der Waals surface area (Å²) in [5.74, 6) is 0.627. The fraction of sp³-hybridized carbons (Fsp3) is 0.389.